The highest BCUT2D eigenvalue weighted by Crippen LogP contribution is 2.13. The Labute approximate surface area is 123 Å². The highest BCUT2D eigenvalue weighted by Gasteiger charge is 2.42. The third-order valence-corrected chi connectivity index (χ3v) is 3.00. The number of amides is 1. The third-order valence-electron chi connectivity index (χ3n) is 3.00. The van der Waals surface area contributed by atoms with Crippen LogP contribution in [-0.2, 0) is 25.7 Å². The largest absolute Gasteiger partial charge is 0.543 e. The van der Waals surface area contributed by atoms with Gasteiger partial charge in [-0.25, -0.2) is 9.59 Å². The fourth-order valence-electron chi connectivity index (χ4n) is 1.79. The van der Waals surface area contributed by atoms with Gasteiger partial charge in [0.05, 0.1) is 4.92 Å². The number of hydrogen-bond acceptors (Lipinski definition) is 7. The van der Waals surface area contributed by atoms with E-state index in [1.165, 1.54) is 30.5 Å². The molecule has 1 aromatic rings. The van der Waals surface area contributed by atoms with E-state index in [2.05, 4.69) is 0 Å². The smallest absolute Gasteiger partial charge is 0.397 e. The summed E-state index contributed by atoms with van der Waals surface area (Å²) < 4.78 is 5.56. The van der Waals surface area contributed by atoms with Gasteiger partial charge in [0.2, 0.25) is 0 Å². The maximum absolute atomic E-state index is 11.7. The van der Waals surface area contributed by atoms with Gasteiger partial charge in [0.15, 0.2) is 12.6 Å². The number of carbonyl (C=O) groups is 3. The lowest BCUT2D eigenvalue weighted by Gasteiger charge is -2.17. The van der Waals surface area contributed by atoms with Gasteiger partial charge in [0.25, 0.3) is 11.7 Å². The van der Waals surface area contributed by atoms with E-state index in [9.17, 15) is 29.6 Å². The van der Waals surface area contributed by atoms with Crippen molar-refractivity contribution in [2.75, 3.05) is 0 Å². The van der Waals surface area contributed by atoms with Gasteiger partial charge in [0.1, 0.15) is 12.6 Å². The van der Waals surface area contributed by atoms with Crippen LogP contribution in [0.1, 0.15) is 12.0 Å². The number of aliphatic carboxylic acids is 1. The molecule has 0 aromatic heterocycles. The summed E-state index contributed by atoms with van der Waals surface area (Å²) in [5.74, 6) is -3.39. The van der Waals surface area contributed by atoms with Gasteiger partial charge < -0.3 is 14.6 Å². The molecule has 1 amide bonds. The number of hydrogen-bond donors (Lipinski definition) is 0. The number of carboxylic acids is 1. The fraction of sp³-hybridized carbons (Fsp3) is 0.231. The van der Waals surface area contributed by atoms with Gasteiger partial charge in [-0.05, 0) is 17.7 Å². The Hall–Kier alpha value is -3.10. The monoisotopic (exact) mass is 306 g/mol. The minimum atomic E-state index is -1.82. The molecule has 1 atom stereocenters. The first-order valence-corrected chi connectivity index (χ1v) is 6.15. The van der Waals surface area contributed by atoms with Crippen molar-refractivity contribution in [2.24, 2.45) is 0 Å². The molecule has 9 heteroatoms. The summed E-state index contributed by atoms with van der Waals surface area (Å²) in [7, 11) is 0. The van der Waals surface area contributed by atoms with E-state index in [0.717, 1.165) is 4.58 Å². The summed E-state index contributed by atoms with van der Waals surface area (Å²) in [6.07, 6.45) is 1.31. The summed E-state index contributed by atoms with van der Waals surface area (Å²) in [6.45, 7) is -0.275. The van der Waals surface area contributed by atoms with Crippen molar-refractivity contribution in [3.05, 3.63) is 39.9 Å². The van der Waals surface area contributed by atoms with Crippen LogP contribution >= 0.6 is 0 Å². The molecule has 1 aliphatic heterocycles. The number of nitrogens with zero attached hydrogens (tertiary/aromatic N) is 2. The third kappa shape index (κ3) is 3.14. The number of carboxylic acid groups (broad SMARTS) is 1. The first-order chi connectivity index (χ1) is 10.4. The van der Waals surface area contributed by atoms with E-state index >= 15 is 0 Å². The Balaban J connectivity index is 2.00. The van der Waals surface area contributed by atoms with Gasteiger partial charge in [-0.1, -0.05) is 0 Å². The van der Waals surface area contributed by atoms with Crippen LogP contribution in [0.2, 0.25) is 0 Å². The number of ether oxygens (including phenoxy) is 1. The molecule has 0 bridgehead atoms. The zero-order valence-electron chi connectivity index (χ0n) is 11.1. The molecule has 0 saturated heterocycles. The summed E-state index contributed by atoms with van der Waals surface area (Å²) in [4.78, 5) is 43.8. The molecule has 9 nitrogen and oxygen atoms in total. The van der Waals surface area contributed by atoms with Crippen LogP contribution < -0.4 is 5.11 Å². The molecular formula is C13H10N2O7. The van der Waals surface area contributed by atoms with Crippen LogP contribution in [0.25, 0.3) is 0 Å². The molecule has 0 unspecified atom stereocenters. The second-order valence-corrected chi connectivity index (χ2v) is 4.44. The maximum atomic E-state index is 11.7. The number of non-ortho nitro benzene ring substituents is 1. The van der Waals surface area contributed by atoms with Crippen molar-refractivity contribution in [2.45, 2.75) is 19.1 Å². The molecule has 0 N–H and O–H groups in total. The molecule has 22 heavy (non-hydrogen) atoms. The highest BCUT2D eigenvalue weighted by molar-refractivity contribution is 6.02. The molecule has 0 fully saturated rings. The van der Waals surface area contributed by atoms with E-state index in [0.29, 0.717) is 5.56 Å². The molecule has 0 radical (unpaired) electrons. The zero-order chi connectivity index (χ0) is 16.3. The maximum Gasteiger partial charge on any atom is 0.397 e. The van der Waals surface area contributed by atoms with E-state index in [1.54, 1.807) is 0 Å². The molecule has 1 heterocycles. The van der Waals surface area contributed by atoms with Crippen molar-refractivity contribution in [3.63, 3.8) is 0 Å². The number of nitro benzene ring substituents is 1. The first-order valence-electron chi connectivity index (χ1n) is 6.15. The lowest BCUT2D eigenvalue weighted by atomic mass is 10.2. The normalized spacial score (nSPS) is 14.5. The summed E-state index contributed by atoms with van der Waals surface area (Å²) >= 11 is 0. The minimum absolute atomic E-state index is 0.0550. The van der Waals surface area contributed by atoms with Crippen LogP contribution in [-0.4, -0.2) is 39.6 Å². The van der Waals surface area contributed by atoms with Crippen LogP contribution in [0.4, 0.5) is 5.69 Å². The van der Waals surface area contributed by atoms with E-state index in [4.69, 9.17) is 4.74 Å². The Morgan fingerprint density at radius 2 is 1.95 bits per heavy atom. The van der Waals surface area contributed by atoms with Gasteiger partial charge in [-0.2, -0.15) is 4.58 Å². The van der Waals surface area contributed by atoms with Crippen molar-refractivity contribution in [1.29, 1.82) is 0 Å². The fourth-order valence-corrected chi connectivity index (χ4v) is 1.79. The minimum Gasteiger partial charge on any atom is -0.543 e. The van der Waals surface area contributed by atoms with Crippen LogP contribution in [0.15, 0.2) is 24.3 Å². The zero-order valence-corrected chi connectivity index (χ0v) is 11.1. The number of carbonyl (C=O) groups excluding carboxylic acids is 3. The van der Waals surface area contributed by atoms with Crippen molar-refractivity contribution >= 4 is 29.7 Å². The molecule has 114 valence electrons. The SMILES string of the molecule is O=C([O-])[C@H](C(=O)OCc1ccc([N+](=O)[O-])cc1)[N+]1=CCC1=O. The topological polar surface area (TPSA) is 130 Å². The van der Waals surface area contributed by atoms with Gasteiger partial charge in [-0.3, -0.25) is 10.1 Å². The Bertz CT molecular complexity index is 678. The lowest BCUT2D eigenvalue weighted by molar-refractivity contribution is -0.493. The first kappa shape index (κ1) is 15.3. The van der Waals surface area contributed by atoms with Crippen molar-refractivity contribution in [3.8, 4) is 0 Å². The predicted molar refractivity (Wildman–Crippen MR) is 67.6 cm³/mol. The molecular weight excluding hydrogens is 296 g/mol. The van der Waals surface area contributed by atoms with Gasteiger partial charge >= 0.3 is 11.9 Å². The predicted octanol–water partition coefficient (Wildman–Crippen LogP) is -1.23. The van der Waals surface area contributed by atoms with E-state index in [-0.39, 0.29) is 18.7 Å². The quantitative estimate of drug-likeness (QED) is 0.211. The summed E-state index contributed by atoms with van der Waals surface area (Å²) in [5, 5.41) is 21.4. The molecule has 0 spiro atoms. The second kappa shape index (κ2) is 6.12. The second-order valence-electron chi connectivity index (χ2n) is 4.44. The average Bonchev–Trinajstić information content (AvgIpc) is 2.48. The lowest BCUT2D eigenvalue weighted by Crippen LogP contribution is -2.54. The van der Waals surface area contributed by atoms with Gasteiger partial charge in [0, 0.05) is 12.1 Å². The van der Waals surface area contributed by atoms with Crippen LogP contribution in [0.5, 0.6) is 0 Å². The van der Waals surface area contributed by atoms with E-state index in [1.807, 2.05) is 0 Å². The highest BCUT2D eigenvalue weighted by atomic mass is 16.6. The number of nitro groups is 1. The molecule has 1 aromatic carbocycles. The van der Waals surface area contributed by atoms with Crippen LogP contribution in [0.3, 0.4) is 0 Å². The number of benzene rings is 1. The standard InChI is InChI=1S/C13H10N2O7/c16-10-5-6-14(10)11(12(17)18)13(19)22-7-8-1-3-9(4-2-8)15(20)21/h1-4,6,11H,5,7H2/t11-/m1/s1. The molecule has 1 aliphatic rings. The van der Waals surface area contributed by atoms with Crippen molar-refractivity contribution < 1.29 is 33.7 Å². The Morgan fingerprint density at radius 3 is 2.36 bits per heavy atom. The summed E-state index contributed by atoms with van der Waals surface area (Å²) in [5.41, 5.74) is 0.318. The Kier molecular flexibility index (Phi) is 4.25. The average molecular weight is 306 g/mol. The molecule has 2 rings (SSSR count). The Morgan fingerprint density at radius 1 is 1.32 bits per heavy atom. The number of esters is 1. The van der Waals surface area contributed by atoms with E-state index < -0.39 is 28.8 Å². The molecule has 0 saturated carbocycles. The van der Waals surface area contributed by atoms with Crippen molar-refractivity contribution in [1.82, 2.24) is 0 Å². The number of rotatable bonds is 6. The summed E-state index contributed by atoms with van der Waals surface area (Å²) in [6, 6.07) is 3.39. The molecule has 0 aliphatic carbocycles. The van der Waals surface area contributed by atoms with Crippen LogP contribution in [0, 0.1) is 10.1 Å². The van der Waals surface area contributed by atoms with Gasteiger partial charge in [-0.15, -0.1) is 0 Å².